The molecule has 1 aliphatic heterocycles. The maximum Gasteiger partial charge on any atom is 0.225 e. The summed E-state index contributed by atoms with van der Waals surface area (Å²) in [6.45, 7) is 8.33. The van der Waals surface area contributed by atoms with Crippen molar-refractivity contribution in [3.8, 4) is 0 Å². The van der Waals surface area contributed by atoms with E-state index in [0.717, 1.165) is 64.6 Å². The minimum absolute atomic E-state index is 0.331. The molecule has 0 radical (unpaired) electrons. The highest BCUT2D eigenvalue weighted by Gasteiger charge is 2.29. The molecule has 3 rings (SSSR count). The number of carbonyl (C=O) groups excluding carboxylic acids is 2. The molecule has 2 amide bonds. The number of likely N-dealkylation sites (tertiary alicyclic amines) is 1. The molecular weight excluding hydrogens is 408 g/mol. The van der Waals surface area contributed by atoms with Crippen molar-refractivity contribution >= 4 is 12.3 Å². The van der Waals surface area contributed by atoms with Crippen molar-refractivity contribution in [3.05, 3.63) is 72.4 Å². The van der Waals surface area contributed by atoms with Gasteiger partial charge in [-0.3, -0.25) is 9.59 Å². The van der Waals surface area contributed by atoms with Crippen LogP contribution in [0.2, 0.25) is 0 Å². The van der Waals surface area contributed by atoms with Gasteiger partial charge >= 0.3 is 0 Å². The maximum atomic E-state index is 12.5. The average molecular weight is 451 g/mol. The van der Waals surface area contributed by atoms with Crippen LogP contribution in [0.15, 0.2) is 66.8 Å². The number of rotatable bonds is 9. The summed E-state index contributed by atoms with van der Waals surface area (Å²) in [5, 5.41) is 2.62. The first-order valence-electron chi connectivity index (χ1n) is 12.6. The van der Waals surface area contributed by atoms with Crippen LogP contribution in [0.25, 0.3) is 0 Å². The third kappa shape index (κ3) is 9.81. The predicted octanol–water partition coefficient (Wildman–Crippen LogP) is 6.17. The highest BCUT2D eigenvalue weighted by Crippen LogP contribution is 2.31. The van der Waals surface area contributed by atoms with Crippen LogP contribution in [0.1, 0.15) is 76.2 Å². The molecule has 2 aliphatic rings. The number of benzene rings is 1. The minimum Gasteiger partial charge on any atom is -0.359 e. The summed E-state index contributed by atoms with van der Waals surface area (Å²) >= 11 is 0. The van der Waals surface area contributed by atoms with Crippen molar-refractivity contribution in [3.63, 3.8) is 0 Å². The summed E-state index contributed by atoms with van der Waals surface area (Å²) in [4.78, 5) is 24.6. The Balaban J connectivity index is 0.000000260. The predicted molar refractivity (Wildman–Crippen MR) is 138 cm³/mol. The van der Waals surface area contributed by atoms with Gasteiger partial charge in [0.05, 0.1) is 0 Å². The molecule has 2 fully saturated rings. The summed E-state index contributed by atoms with van der Waals surface area (Å²) in [6.07, 6.45) is 18.8. The van der Waals surface area contributed by atoms with E-state index < -0.39 is 0 Å². The first-order chi connectivity index (χ1) is 16.2. The molecule has 4 heteroatoms. The van der Waals surface area contributed by atoms with Gasteiger partial charge in [-0.15, -0.1) is 0 Å². The Bertz CT molecular complexity index is 755. The molecule has 1 aromatic carbocycles. The summed E-state index contributed by atoms with van der Waals surface area (Å²) < 4.78 is 0. The van der Waals surface area contributed by atoms with Crippen LogP contribution < -0.4 is 5.32 Å². The van der Waals surface area contributed by atoms with E-state index in [1.54, 1.807) is 0 Å². The fraction of sp³-hybridized carbons (Fsp3) is 0.517. The van der Waals surface area contributed by atoms with Gasteiger partial charge in [0, 0.05) is 25.6 Å². The molecule has 4 nitrogen and oxygen atoms in total. The van der Waals surface area contributed by atoms with E-state index in [1.165, 1.54) is 30.4 Å². The van der Waals surface area contributed by atoms with E-state index >= 15 is 0 Å². The van der Waals surface area contributed by atoms with Crippen LogP contribution in [0.5, 0.6) is 0 Å². The number of piperidine rings is 1. The number of nitrogens with one attached hydrogen (secondary N) is 1. The maximum absolute atomic E-state index is 12.5. The lowest BCUT2D eigenvalue weighted by Crippen LogP contribution is -2.41. The van der Waals surface area contributed by atoms with Crippen LogP contribution >= 0.6 is 0 Å². The molecule has 1 aliphatic carbocycles. The molecule has 1 saturated heterocycles. The van der Waals surface area contributed by atoms with Gasteiger partial charge in [0.15, 0.2) is 0 Å². The van der Waals surface area contributed by atoms with Crippen molar-refractivity contribution in [1.82, 2.24) is 10.2 Å². The monoisotopic (exact) mass is 450 g/mol. The Labute approximate surface area is 200 Å². The first kappa shape index (κ1) is 26.6. The smallest absolute Gasteiger partial charge is 0.225 e. The Hall–Kier alpha value is -2.62. The summed E-state index contributed by atoms with van der Waals surface area (Å²) in [5.41, 5.74) is 2.64. The van der Waals surface area contributed by atoms with Crippen LogP contribution in [0, 0.1) is 5.92 Å². The SMILES string of the molecule is C=C/C(=C\C=C/C)CCCNC=O.O=C(C1CCCCC1)N1CCC(c2ccccc2)CC1. The summed E-state index contributed by atoms with van der Waals surface area (Å²) in [7, 11) is 0. The van der Waals surface area contributed by atoms with Gasteiger partial charge in [-0.2, -0.15) is 0 Å². The number of nitrogens with zero attached hydrogens (tertiary/aromatic N) is 1. The van der Waals surface area contributed by atoms with Gasteiger partial charge in [-0.05, 0) is 62.5 Å². The fourth-order valence-corrected chi connectivity index (χ4v) is 4.69. The second kappa shape index (κ2) is 16.1. The van der Waals surface area contributed by atoms with Crippen molar-refractivity contribution in [2.24, 2.45) is 5.92 Å². The number of hydrogen-bond acceptors (Lipinski definition) is 2. The van der Waals surface area contributed by atoms with E-state index in [4.69, 9.17) is 0 Å². The molecule has 0 unspecified atom stereocenters. The second-order valence-electron chi connectivity index (χ2n) is 8.99. The zero-order chi connectivity index (χ0) is 23.7. The molecule has 1 N–H and O–H groups in total. The zero-order valence-electron chi connectivity index (χ0n) is 20.4. The standard InChI is InChI=1S/C18H25NO.C11H17NO/c20-18(17-9-5-2-6-10-17)19-13-11-16(12-14-19)15-7-3-1-4-8-15;1-3-5-7-11(4-2)8-6-9-12-10-13/h1,3-4,7-8,16-17H,2,5-6,9-14H2;3-5,7,10H,2,6,8-9H2,1H3,(H,12,13)/b;5-3-,11-7+. The summed E-state index contributed by atoms with van der Waals surface area (Å²) in [6, 6.07) is 10.8. The molecule has 180 valence electrons. The average Bonchev–Trinajstić information content (AvgIpc) is 2.89. The lowest BCUT2D eigenvalue weighted by atomic mass is 9.86. The molecule has 33 heavy (non-hydrogen) atoms. The van der Waals surface area contributed by atoms with Gasteiger partial charge in [0.2, 0.25) is 12.3 Å². The Morgan fingerprint density at radius 1 is 1.09 bits per heavy atom. The number of amides is 2. The van der Waals surface area contributed by atoms with Gasteiger partial charge < -0.3 is 10.2 Å². The van der Waals surface area contributed by atoms with E-state index in [-0.39, 0.29) is 0 Å². The molecule has 0 aromatic heterocycles. The molecule has 1 saturated carbocycles. The van der Waals surface area contributed by atoms with Crippen molar-refractivity contribution in [2.45, 2.75) is 70.6 Å². The molecule has 0 spiro atoms. The molecule has 1 heterocycles. The minimum atomic E-state index is 0.331. The van der Waals surface area contributed by atoms with Gasteiger partial charge in [-0.25, -0.2) is 0 Å². The normalized spacial score (nSPS) is 17.8. The molecular formula is C29H42N2O2. The lowest BCUT2D eigenvalue weighted by molar-refractivity contribution is -0.137. The quantitative estimate of drug-likeness (QED) is 0.278. The number of hydrogen-bond donors (Lipinski definition) is 1. The van der Waals surface area contributed by atoms with E-state index in [2.05, 4.69) is 47.1 Å². The second-order valence-corrected chi connectivity index (χ2v) is 8.99. The largest absolute Gasteiger partial charge is 0.359 e. The van der Waals surface area contributed by atoms with Crippen LogP contribution in [-0.4, -0.2) is 36.9 Å². The molecule has 0 atom stereocenters. The van der Waals surface area contributed by atoms with Crippen molar-refractivity contribution < 1.29 is 9.59 Å². The Kier molecular flexibility index (Phi) is 13.0. The zero-order valence-corrected chi connectivity index (χ0v) is 20.4. The van der Waals surface area contributed by atoms with Crippen LogP contribution in [0.3, 0.4) is 0 Å². The van der Waals surface area contributed by atoms with Crippen molar-refractivity contribution in [2.75, 3.05) is 19.6 Å². The van der Waals surface area contributed by atoms with E-state index in [0.29, 0.717) is 17.7 Å². The molecule has 0 bridgehead atoms. The van der Waals surface area contributed by atoms with Gasteiger partial charge in [-0.1, -0.05) is 80.5 Å². The fourth-order valence-electron chi connectivity index (χ4n) is 4.69. The highest BCUT2D eigenvalue weighted by atomic mass is 16.2. The molecule has 1 aromatic rings. The van der Waals surface area contributed by atoms with E-state index in [1.807, 2.05) is 31.2 Å². The first-order valence-corrected chi connectivity index (χ1v) is 12.6. The third-order valence-corrected chi connectivity index (χ3v) is 6.67. The Morgan fingerprint density at radius 2 is 1.79 bits per heavy atom. The van der Waals surface area contributed by atoms with E-state index in [9.17, 15) is 9.59 Å². The number of allylic oxidation sites excluding steroid dienone is 5. The lowest BCUT2D eigenvalue weighted by Gasteiger charge is -2.35. The number of carbonyl (C=O) groups is 2. The van der Waals surface area contributed by atoms with Crippen LogP contribution in [0.4, 0.5) is 0 Å². The summed E-state index contributed by atoms with van der Waals surface area (Å²) in [5.74, 6) is 1.42. The van der Waals surface area contributed by atoms with Gasteiger partial charge in [0.25, 0.3) is 0 Å². The van der Waals surface area contributed by atoms with Crippen LogP contribution in [-0.2, 0) is 9.59 Å². The Morgan fingerprint density at radius 3 is 2.39 bits per heavy atom. The van der Waals surface area contributed by atoms with Gasteiger partial charge in [0.1, 0.15) is 0 Å². The highest BCUT2D eigenvalue weighted by molar-refractivity contribution is 5.79. The van der Waals surface area contributed by atoms with Crippen molar-refractivity contribution in [1.29, 1.82) is 0 Å². The topological polar surface area (TPSA) is 49.4 Å². The third-order valence-electron chi connectivity index (χ3n) is 6.67.